The Bertz CT molecular complexity index is 906. The predicted molar refractivity (Wildman–Crippen MR) is 111 cm³/mol. The van der Waals surface area contributed by atoms with E-state index in [1.807, 2.05) is 0 Å². The second-order valence-corrected chi connectivity index (χ2v) is 7.61. The van der Waals surface area contributed by atoms with Crippen molar-refractivity contribution >= 4 is 35.1 Å². The highest BCUT2D eigenvalue weighted by atomic mass is 35.5. The molecule has 0 heterocycles. The fourth-order valence-electron chi connectivity index (χ4n) is 3.44. The van der Waals surface area contributed by atoms with Gasteiger partial charge in [-0.3, -0.25) is 9.59 Å². The highest BCUT2D eigenvalue weighted by molar-refractivity contribution is 6.33. The molecule has 6 nitrogen and oxygen atoms in total. The number of rotatable bonds is 6. The van der Waals surface area contributed by atoms with Crippen LogP contribution in [-0.4, -0.2) is 22.9 Å². The molecule has 0 spiro atoms. The molecule has 0 unspecified atom stereocenters. The van der Waals surface area contributed by atoms with Crippen molar-refractivity contribution in [3.63, 3.8) is 0 Å². The lowest BCUT2D eigenvalue weighted by atomic mass is 9.88. The number of hydrogen-bond donors (Lipinski definition) is 3. The average molecular weight is 415 g/mol. The van der Waals surface area contributed by atoms with Crippen LogP contribution >= 0.6 is 11.6 Å². The predicted octanol–water partition coefficient (Wildman–Crippen LogP) is 4.49. The van der Waals surface area contributed by atoms with E-state index in [0.717, 1.165) is 31.2 Å². The van der Waals surface area contributed by atoms with Gasteiger partial charge in [0.1, 0.15) is 0 Å². The Hall–Kier alpha value is -2.86. The zero-order chi connectivity index (χ0) is 20.8. The first kappa shape index (κ1) is 20.9. The fourth-order valence-corrected chi connectivity index (χ4v) is 3.64. The van der Waals surface area contributed by atoms with Gasteiger partial charge in [0.15, 0.2) is 0 Å². The van der Waals surface area contributed by atoms with Crippen molar-refractivity contribution in [2.75, 3.05) is 5.32 Å². The van der Waals surface area contributed by atoms with Crippen LogP contribution in [-0.2, 0) is 11.3 Å². The van der Waals surface area contributed by atoms with Crippen LogP contribution in [0.15, 0.2) is 42.5 Å². The van der Waals surface area contributed by atoms with Crippen LogP contribution in [0.5, 0.6) is 0 Å². The summed E-state index contributed by atoms with van der Waals surface area (Å²) in [4.78, 5) is 35.8. The summed E-state index contributed by atoms with van der Waals surface area (Å²) < 4.78 is 0. The molecule has 1 saturated carbocycles. The highest BCUT2D eigenvalue weighted by Crippen LogP contribution is 2.24. The quantitative estimate of drug-likeness (QED) is 0.649. The number of hydrogen-bond acceptors (Lipinski definition) is 3. The first-order valence-corrected chi connectivity index (χ1v) is 10.0. The number of halogens is 1. The largest absolute Gasteiger partial charge is 0.478 e. The molecule has 2 aromatic carbocycles. The van der Waals surface area contributed by atoms with E-state index in [4.69, 9.17) is 16.7 Å². The molecule has 152 valence electrons. The van der Waals surface area contributed by atoms with Crippen LogP contribution in [0.3, 0.4) is 0 Å². The molecule has 0 aromatic heterocycles. The van der Waals surface area contributed by atoms with Gasteiger partial charge in [0.05, 0.1) is 10.6 Å². The second-order valence-electron chi connectivity index (χ2n) is 7.20. The van der Waals surface area contributed by atoms with Gasteiger partial charge in [-0.1, -0.05) is 43.0 Å². The van der Waals surface area contributed by atoms with Crippen LogP contribution in [0.1, 0.15) is 58.4 Å². The summed E-state index contributed by atoms with van der Waals surface area (Å²) in [7, 11) is 0. The Morgan fingerprint density at radius 2 is 1.69 bits per heavy atom. The molecule has 0 bridgehead atoms. The Labute approximate surface area is 174 Å². The van der Waals surface area contributed by atoms with E-state index in [9.17, 15) is 14.4 Å². The molecular weight excluding hydrogens is 392 g/mol. The number of aromatic carboxylic acids is 1. The van der Waals surface area contributed by atoms with Crippen molar-refractivity contribution in [1.29, 1.82) is 0 Å². The van der Waals surface area contributed by atoms with E-state index in [-0.39, 0.29) is 28.3 Å². The van der Waals surface area contributed by atoms with Gasteiger partial charge in [-0.15, -0.1) is 0 Å². The van der Waals surface area contributed by atoms with Crippen molar-refractivity contribution in [2.24, 2.45) is 5.92 Å². The summed E-state index contributed by atoms with van der Waals surface area (Å²) in [5.74, 6) is -1.31. The first-order valence-electron chi connectivity index (χ1n) is 9.65. The van der Waals surface area contributed by atoms with E-state index in [1.165, 1.54) is 18.6 Å². The van der Waals surface area contributed by atoms with Crippen molar-refractivity contribution in [3.8, 4) is 0 Å². The van der Waals surface area contributed by atoms with Gasteiger partial charge >= 0.3 is 5.97 Å². The van der Waals surface area contributed by atoms with E-state index in [1.54, 1.807) is 30.3 Å². The maximum Gasteiger partial charge on any atom is 0.337 e. The Balaban J connectivity index is 1.56. The molecule has 2 amide bonds. The lowest BCUT2D eigenvalue weighted by molar-refractivity contribution is -0.126. The molecule has 29 heavy (non-hydrogen) atoms. The number of carbonyl (C=O) groups is 3. The summed E-state index contributed by atoms with van der Waals surface area (Å²) in [5.41, 5.74) is 1.61. The van der Waals surface area contributed by atoms with Gasteiger partial charge in [0, 0.05) is 23.7 Å². The third-order valence-corrected chi connectivity index (χ3v) is 5.44. The number of benzene rings is 2. The molecule has 1 aliphatic carbocycles. The summed E-state index contributed by atoms with van der Waals surface area (Å²) >= 11 is 5.84. The number of nitrogens with one attached hydrogen (secondary N) is 2. The fraction of sp³-hybridized carbons (Fsp3) is 0.318. The minimum Gasteiger partial charge on any atom is -0.478 e. The molecule has 0 radical (unpaired) electrons. The number of carboxylic acid groups (broad SMARTS) is 1. The van der Waals surface area contributed by atoms with E-state index in [0.29, 0.717) is 17.8 Å². The molecule has 1 fully saturated rings. The Morgan fingerprint density at radius 3 is 2.34 bits per heavy atom. The third kappa shape index (κ3) is 5.57. The van der Waals surface area contributed by atoms with Gasteiger partial charge in [-0.25, -0.2) is 4.79 Å². The number of anilines is 1. The van der Waals surface area contributed by atoms with Crippen LogP contribution in [0.2, 0.25) is 5.02 Å². The van der Waals surface area contributed by atoms with E-state index >= 15 is 0 Å². The van der Waals surface area contributed by atoms with E-state index < -0.39 is 5.97 Å². The van der Waals surface area contributed by atoms with Gasteiger partial charge < -0.3 is 15.7 Å². The summed E-state index contributed by atoms with van der Waals surface area (Å²) in [6, 6.07) is 11.2. The third-order valence-electron chi connectivity index (χ3n) is 5.11. The molecule has 0 aliphatic heterocycles. The molecule has 0 atom stereocenters. The number of amides is 2. The SMILES string of the molecule is O=C(Nc1ccc(Cl)c(C(=O)O)c1)c1ccc(CNC(=O)C2CCCCC2)cc1. The smallest absolute Gasteiger partial charge is 0.337 e. The molecule has 1 aliphatic rings. The zero-order valence-electron chi connectivity index (χ0n) is 15.9. The standard InChI is InChI=1S/C22H23ClN2O4/c23-19-11-10-17(12-18(19)22(28)29)25-21(27)16-8-6-14(7-9-16)13-24-20(26)15-4-2-1-3-5-15/h6-12,15H,1-5,13H2,(H,24,26)(H,25,27)(H,28,29). The maximum absolute atomic E-state index is 12.4. The lowest BCUT2D eigenvalue weighted by Gasteiger charge is -2.20. The second kappa shape index (κ2) is 9.56. The van der Waals surface area contributed by atoms with E-state index in [2.05, 4.69) is 10.6 Å². The van der Waals surface area contributed by atoms with Crippen molar-refractivity contribution in [3.05, 3.63) is 64.2 Å². The molecule has 2 aromatic rings. The zero-order valence-corrected chi connectivity index (χ0v) is 16.7. The lowest BCUT2D eigenvalue weighted by Crippen LogP contribution is -2.31. The minimum absolute atomic E-state index is 0.0754. The first-order chi connectivity index (χ1) is 13.9. The summed E-state index contributed by atoms with van der Waals surface area (Å²) in [5, 5.41) is 14.9. The van der Waals surface area contributed by atoms with Crippen molar-refractivity contribution in [1.82, 2.24) is 5.32 Å². The Kier molecular flexibility index (Phi) is 6.88. The van der Waals surface area contributed by atoms with Gasteiger partial charge in [-0.05, 0) is 48.7 Å². The van der Waals surface area contributed by atoms with Crippen LogP contribution in [0.4, 0.5) is 5.69 Å². The Morgan fingerprint density at radius 1 is 1.00 bits per heavy atom. The van der Waals surface area contributed by atoms with Gasteiger partial charge in [-0.2, -0.15) is 0 Å². The monoisotopic (exact) mass is 414 g/mol. The number of carbonyl (C=O) groups excluding carboxylic acids is 2. The topological polar surface area (TPSA) is 95.5 Å². The highest BCUT2D eigenvalue weighted by Gasteiger charge is 2.20. The van der Waals surface area contributed by atoms with Crippen LogP contribution < -0.4 is 10.6 Å². The van der Waals surface area contributed by atoms with Crippen LogP contribution in [0.25, 0.3) is 0 Å². The van der Waals surface area contributed by atoms with Crippen molar-refractivity contribution < 1.29 is 19.5 Å². The summed E-state index contributed by atoms with van der Waals surface area (Å²) in [6.45, 7) is 0.427. The molecule has 3 N–H and O–H groups in total. The van der Waals surface area contributed by atoms with Gasteiger partial charge in [0.2, 0.25) is 5.91 Å². The summed E-state index contributed by atoms with van der Waals surface area (Å²) in [6.07, 6.45) is 5.35. The maximum atomic E-state index is 12.4. The minimum atomic E-state index is -1.16. The molecule has 3 rings (SSSR count). The molecule has 0 saturated heterocycles. The molecular formula is C22H23ClN2O4. The van der Waals surface area contributed by atoms with Gasteiger partial charge in [0.25, 0.3) is 5.91 Å². The molecule has 7 heteroatoms. The number of carboxylic acids is 1. The van der Waals surface area contributed by atoms with Crippen LogP contribution in [0, 0.1) is 5.92 Å². The average Bonchev–Trinajstić information content (AvgIpc) is 2.74. The normalized spacial score (nSPS) is 14.2. The van der Waals surface area contributed by atoms with Crippen molar-refractivity contribution in [2.45, 2.75) is 38.6 Å².